The predicted octanol–water partition coefficient (Wildman–Crippen LogP) is 2.51. The third-order valence-electron chi connectivity index (χ3n) is 4.46. The summed E-state index contributed by atoms with van der Waals surface area (Å²) >= 11 is 0. The first-order valence-electron chi connectivity index (χ1n) is 8.08. The monoisotopic (exact) mass is 352 g/mol. The van der Waals surface area contributed by atoms with Crippen LogP contribution < -0.4 is 15.9 Å². The standard InChI is InChI=1S/C20H20N2O4/c1-22-15(11-18(23)16-10-14(21)6-7-17(16)22)8-12-4-5-13(20(24)26-3)9-19(12)25-2/h4-7,9-11H,8,21H2,1-3H3. The van der Waals surface area contributed by atoms with E-state index in [0.717, 1.165) is 16.8 Å². The van der Waals surface area contributed by atoms with Crippen LogP contribution in [0.1, 0.15) is 21.6 Å². The Morgan fingerprint density at radius 3 is 2.58 bits per heavy atom. The number of hydrogen-bond acceptors (Lipinski definition) is 5. The second-order valence-corrected chi connectivity index (χ2v) is 6.03. The van der Waals surface area contributed by atoms with E-state index >= 15 is 0 Å². The fourth-order valence-electron chi connectivity index (χ4n) is 3.02. The molecule has 6 nitrogen and oxygen atoms in total. The number of methoxy groups -OCH3 is 2. The molecule has 0 bridgehead atoms. The van der Waals surface area contributed by atoms with Gasteiger partial charge in [0.05, 0.1) is 25.3 Å². The normalized spacial score (nSPS) is 10.7. The van der Waals surface area contributed by atoms with Gasteiger partial charge >= 0.3 is 5.97 Å². The number of ether oxygens (including phenoxy) is 2. The van der Waals surface area contributed by atoms with Gasteiger partial charge in [0, 0.05) is 41.9 Å². The number of aryl methyl sites for hydroxylation is 1. The van der Waals surface area contributed by atoms with Crippen LogP contribution in [0.5, 0.6) is 5.75 Å². The number of pyridine rings is 1. The Morgan fingerprint density at radius 2 is 1.88 bits per heavy atom. The number of nitrogens with two attached hydrogens (primary N) is 1. The van der Waals surface area contributed by atoms with Crippen molar-refractivity contribution in [2.75, 3.05) is 20.0 Å². The van der Waals surface area contributed by atoms with Gasteiger partial charge in [0.2, 0.25) is 0 Å². The van der Waals surface area contributed by atoms with E-state index in [9.17, 15) is 9.59 Å². The highest BCUT2D eigenvalue weighted by Gasteiger charge is 2.13. The van der Waals surface area contributed by atoms with Crippen LogP contribution in [-0.2, 0) is 18.2 Å². The van der Waals surface area contributed by atoms with Crippen LogP contribution in [0, 0.1) is 0 Å². The minimum absolute atomic E-state index is 0.0782. The summed E-state index contributed by atoms with van der Waals surface area (Å²) in [7, 11) is 4.78. The van der Waals surface area contributed by atoms with E-state index in [1.807, 2.05) is 23.7 Å². The lowest BCUT2D eigenvalue weighted by molar-refractivity contribution is 0.0600. The van der Waals surface area contributed by atoms with E-state index in [1.165, 1.54) is 7.11 Å². The number of nitrogen functional groups attached to an aromatic ring is 1. The van der Waals surface area contributed by atoms with Crippen LogP contribution in [0.25, 0.3) is 10.9 Å². The van der Waals surface area contributed by atoms with Crippen molar-refractivity contribution in [1.82, 2.24) is 4.57 Å². The zero-order valence-electron chi connectivity index (χ0n) is 14.9. The first-order valence-corrected chi connectivity index (χ1v) is 8.08. The molecule has 0 fully saturated rings. The molecule has 0 spiro atoms. The van der Waals surface area contributed by atoms with Crippen molar-refractivity contribution in [1.29, 1.82) is 0 Å². The molecule has 0 aliphatic rings. The molecule has 1 heterocycles. The number of carbonyl (C=O) groups is 1. The topological polar surface area (TPSA) is 83.5 Å². The zero-order valence-corrected chi connectivity index (χ0v) is 14.9. The minimum Gasteiger partial charge on any atom is -0.496 e. The van der Waals surface area contributed by atoms with Crippen molar-refractivity contribution in [2.24, 2.45) is 7.05 Å². The van der Waals surface area contributed by atoms with Crippen molar-refractivity contribution in [3.63, 3.8) is 0 Å². The van der Waals surface area contributed by atoms with Gasteiger partial charge in [-0.15, -0.1) is 0 Å². The minimum atomic E-state index is -0.425. The molecule has 0 saturated heterocycles. The largest absolute Gasteiger partial charge is 0.496 e. The SMILES string of the molecule is COC(=O)c1ccc(Cc2cc(=O)c3cc(N)ccc3n2C)c(OC)c1. The highest BCUT2D eigenvalue weighted by atomic mass is 16.5. The summed E-state index contributed by atoms with van der Waals surface area (Å²) in [5.74, 6) is 0.142. The number of rotatable bonds is 4. The average Bonchev–Trinajstić information content (AvgIpc) is 2.65. The summed E-state index contributed by atoms with van der Waals surface area (Å²) in [4.78, 5) is 24.2. The lowest BCUT2D eigenvalue weighted by atomic mass is 10.0. The molecule has 2 aromatic carbocycles. The quantitative estimate of drug-likeness (QED) is 0.576. The van der Waals surface area contributed by atoms with E-state index in [4.69, 9.17) is 15.2 Å². The molecule has 0 aliphatic heterocycles. The number of fused-ring (bicyclic) bond motifs is 1. The summed E-state index contributed by atoms with van der Waals surface area (Å²) in [5.41, 5.74) is 9.19. The van der Waals surface area contributed by atoms with E-state index in [1.54, 1.807) is 37.4 Å². The highest BCUT2D eigenvalue weighted by Crippen LogP contribution is 2.24. The number of esters is 1. The number of carbonyl (C=O) groups excluding carboxylic acids is 1. The fourth-order valence-corrected chi connectivity index (χ4v) is 3.02. The first-order chi connectivity index (χ1) is 12.4. The Balaban J connectivity index is 2.06. The van der Waals surface area contributed by atoms with E-state index in [0.29, 0.717) is 28.8 Å². The third-order valence-corrected chi connectivity index (χ3v) is 4.46. The number of nitrogens with zero attached hydrogens (tertiary/aromatic N) is 1. The summed E-state index contributed by atoms with van der Waals surface area (Å²) in [6.45, 7) is 0. The van der Waals surface area contributed by atoms with Gasteiger partial charge in [0.1, 0.15) is 5.75 Å². The van der Waals surface area contributed by atoms with Gasteiger partial charge in [0.25, 0.3) is 0 Å². The summed E-state index contributed by atoms with van der Waals surface area (Å²) in [6.07, 6.45) is 0.483. The van der Waals surface area contributed by atoms with Gasteiger partial charge in [-0.2, -0.15) is 0 Å². The Morgan fingerprint density at radius 1 is 1.12 bits per heavy atom. The molecule has 0 radical (unpaired) electrons. The molecule has 0 atom stereocenters. The summed E-state index contributed by atoms with van der Waals surface area (Å²) < 4.78 is 12.1. The molecule has 0 aliphatic carbocycles. The molecule has 0 unspecified atom stereocenters. The van der Waals surface area contributed by atoms with Gasteiger partial charge in [-0.25, -0.2) is 4.79 Å². The van der Waals surface area contributed by atoms with Crippen LogP contribution in [0.15, 0.2) is 47.3 Å². The van der Waals surface area contributed by atoms with Gasteiger partial charge in [0.15, 0.2) is 5.43 Å². The molecule has 6 heteroatoms. The lowest BCUT2D eigenvalue weighted by Gasteiger charge is -2.15. The van der Waals surface area contributed by atoms with Crippen LogP contribution in [0.2, 0.25) is 0 Å². The van der Waals surface area contributed by atoms with Crippen molar-refractivity contribution in [3.05, 3.63) is 69.5 Å². The van der Waals surface area contributed by atoms with Crippen LogP contribution in [0.3, 0.4) is 0 Å². The molecule has 0 amide bonds. The number of aromatic nitrogens is 1. The third kappa shape index (κ3) is 3.13. The molecule has 26 heavy (non-hydrogen) atoms. The number of benzene rings is 2. The van der Waals surface area contributed by atoms with Gasteiger partial charge < -0.3 is 19.8 Å². The first kappa shape index (κ1) is 17.5. The highest BCUT2D eigenvalue weighted by molar-refractivity contribution is 5.90. The molecule has 3 aromatic rings. The van der Waals surface area contributed by atoms with E-state index in [2.05, 4.69) is 0 Å². The van der Waals surface area contributed by atoms with Crippen molar-refractivity contribution >= 4 is 22.6 Å². The molecule has 0 saturated carbocycles. The van der Waals surface area contributed by atoms with Crippen molar-refractivity contribution in [2.45, 2.75) is 6.42 Å². The molecular formula is C20H20N2O4. The molecule has 1 aromatic heterocycles. The van der Waals surface area contributed by atoms with Gasteiger partial charge in [-0.3, -0.25) is 4.79 Å². The van der Waals surface area contributed by atoms with E-state index in [-0.39, 0.29) is 5.43 Å². The Hall–Kier alpha value is -3.28. The number of anilines is 1. The predicted molar refractivity (Wildman–Crippen MR) is 101 cm³/mol. The summed E-state index contributed by atoms with van der Waals surface area (Å²) in [5, 5.41) is 0.587. The number of hydrogen-bond donors (Lipinski definition) is 1. The van der Waals surface area contributed by atoms with E-state index < -0.39 is 5.97 Å². The van der Waals surface area contributed by atoms with Crippen molar-refractivity contribution < 1.29 is 14.3 Å². The summed E-state index contributed by atoms with van der Waals surface area (Å²) in [6, 6.07) is 12.0. The van der Waals surface area contributed by atoms with Crippen LogP contribution >= 0.6 is 0 Å². The molecule has 3 rings (SSSR count). The Kier molecular flexibility index (Phi) is 4.67. The lowest BCUT2D eigenvalue weighted by Crippen LogP contribution is -2.13. The van der Waals surface area contributed by atoms with Gasteiger partial charge in [-0.05, 0) is 30.3 Å². The van der Waals surface area contributed by atoms with Crippen molar-refractivity contribution in [3.8, 4) is 5.75 Å². The van der Waals surface area contributed by atoms with Gasteiger partial charge in [-0.1, -0.05) is 6.07 Å². The maximum atomic E-state index is 12.5. The zero-order chi connectivity index (χ0) is 18.8. The van der Waals surface area contributed by atoms with Crippen LogP contribution in [-0.4, -0.2) is 24.8 Å². The molecule has 134 valence electrons. The van der Waals surface area contributed by atoms with Crippen LogP contribution in [0.4, 0.5) is 5.69 Å². The Bertz CT molecular complexity index is 1050. The average molecular weight is 352 g/mol. The maximum absolute atomic E-state index is 12.5. The fraction of sp³-hybridized carbons (Fsp3) is 0.200. The second kappa shape index (κ2) is 6.92. The molecular weight excluding hydrogens is 332 g/mol. The smallest absolute Gasteiger partial charge is 0.337 e. The second-order valence-electron chi connectivity index (χ2n) is 6.03. The Labute approximate surface area is 150 Å². The maximum Gasteiger partial charge on any atom is 0.337 e. The molecule has 2 N–H and O–H groups in total.